The minimum atomic E-state index is -0.971. The van der Waals surface area contributed by atoms with Gasteiger partial charge in [-0.15, -0.1) is 0 Å². The summed E-state index contributed by atoms with van der Waals surface area (Å²) in [6.07, 6.45) is 1.80. The van der Waals surface area contributed by atoms with Crippen LogP contribution in [0.15, 0.2) is 36.5 Å². The lowest BCUT2D eigenvalue weighted by molar-refractivity contribution is 0.0690. The Balaban J connectivity index is 2.33. The molecule has 0 amide bonds. The monoisotopic (exact) mass is 280 g/mol. The van der Waals surface area contributed by atoms with Gasteiger partial charge in [-0.05, 0) is 49.6 Å². The fraction of sp³-hybridized carbons (Fsp3) is 0.176. The van der Waals surface area contributed by atoms with Gasteiger partial charge in [0.15, 0.2) is 5.69 Å². The van der Waals surface area contributed by atoms with Crippen LogP contribution in [0, 0.1) is 20.8 Å². The highest BCUT2D eigenvalue weighted by Gasteiger charge is 2.20. The predicted molar refractivity (Wildman–Crippen MR) is 81.8 cm³/mol. The van der Waals surface area contributed by atoms with Crippen molar-refractivity contribution in [1.29, 1.82) is 0 Å². The highest BCUT2D eigenvalue weighted by atomic mass is 16.4. The van der Waals surface area contributed by atoms with Gasteiger partial charge in [0, 0.05) is 11.8 Å². The molecule has 0 aliphatic carbocycles. The number of carboxylic acids is 1. The average molecular weight is 280 g/mol. The van der Waals surface area contributed by atoms with Crippen molar-refractivity contribution >= 4 is 11.6 Å². The van der Waals surface area contributed by atoms with Crippen molar-refractivity contribution in [2.24, 2.45) is 0 Å². The Kier molecular flexibility index (Phi) is 3.01. The summed E-state index contributed by atoms with van der Waals surface area (Å²) < 4.78 is 1.64. The van der Waals surface area contributed by atoms with E-state index in [1.807, 2.05) is 51.1 Å². The lowest BCUT2D eigenvalue weighted by Crippen LogP contribution is -2.04. The summed E-state index contributed by atoms with van der Waals surface area (Å²) in [5.41, 5.74) is 5.48. The lowest BCUT2D eigenvalue weighted by atomic mass is 10.0. The average Bonchev–Trinajstić information content (AvgIpc) is 2.80. The number of hydrogen-bond acceptors (Lipinski definition) is 2. The first-order chi connectivity index (χ1) is 9.97. The van der Waals surface area contributed by atoms with E-state index < -0.39 is 5.97 Å². The summed E-state index contributed by atoms with van der Waals surface area (Å²) in [5.74, 6) is -0.971. The van der Waals surface area contributed by atoms with Crippen LogP contribution in [0.1, 0.15) is 27.2 Å². The first kappa shape index (κ1) is 13.4. The maximum Gasteiger partial charge on any atom is 0.355 e. The first-order valence-electron chi connectivity index (χ1n) is 6.77. The molecule has 1 N–H and O–H groups in total. The second-order valence-corrected chi connectivity index (χ2v) is 5.35. The van der Waals surface area contributed by atoms with Crippen LogP contribution in [-0.4, -0.2) is 20.5 Å². The quantitative estimate of drug-likeness (QED) is 0.780. The van der Waals surface area contributed by atoms with Crippen molar-refractivity contribution in [1.82, 2.24) is 9.38 Å². The molecule has 0 fully saturated rings. The topological polar surface area (TPSA) is 54.6 Å². The summed E-state index contributed by atoms with van der Waals surface area (Å²) >= 11 is 0. The number of aromatic nitrogens is 2. The molecule has 0 saturated carbocycles. The standard InChI is InChI=1S/C17H16N2O2/c1-10-4-7-14-18-15(16(17(20)21)19(14)9-10)13-6-5-11(2)12(3)8-13/h4-9H,1-3H3,(H,20,21). The number of nitrogens with zero attached hydrogens (tertiary/aromatic N) is 2. The van der Waals surface area contributed by atoms with Gasteiger partial charge in [-0.1, -0.05) is 18.2 Å². The number of pyridine rings is 1. The Labute approximate surface area is 122 Å². The third-order valence-corrected chi connectivity index (χ3v) is 3.75. The van der Waals surface area contributed by atoms with Crippen molar-refractivity contribution in [3.63, 3.8) is 0 Å². The minimum Gasteiger partial charge on any atom is -0.476 e. The van der Waals surface area contributed by atoms with E-state index in [0.29, 0.717) is 11.3 Å². The number of aryl methyl sites for hydroxylation is 3. The summed E-state index contributed by atoms with van der Waals surface area (Å²) in [4.78, 5) is 16.2. The molecule has 1 aromatic carbocycles. The number of carboxylic acid groups (broad SMARTS) is 1. The number of imidazole rings is 1. The number of aromatic carboxylic acids is 1. The van der Waals surface area contributed by atoms with Crippen LogP contribution in [0.2, 0.25) is 0 Å². The van der Waals surface area contributed by atoms with Gasteiger partial charge in [-0.2, -0.15) is 0 Å². The number of carbonyl (C=O) groups is 1. The Morgan fingerprint density at radius 3 is 2.52 bits per heavy atom. The molecule has 2 aromatic heterocycles. The lowest BCUT2D eigenvalue weighted by Gasteiger charge is -2.04. The number of benzene rings is 1. The van der Waals surface area contributed by atoms with Crippen LogP contribution in [0.5, 0.6) is 0 Å². The van der Waals surface area contributed by atoms with Gasteiger partial charge in [-0.25, -0.2) is 9.78 Å². The van der Waals surface area contributed by atoms with Gasteiger partial charge in [-0.3, -0.25) is 4.40 Å². The van der Waals surface area contributed by atoms with Gasteiger partial charge in [0.2, 0.25) is 0 Å². The fourth-order valence-corrected chi connectivity index (χ4v) is 2.45. The molecular weight excluding hydrogens is 264 g/mol. The second-order valence-electron chi connectivity index (χ2n) is 5.35. The van der Waals surface area contributed by atoms with E-state index in [1.54, 1.807) is 10.6 Å². The predicted octanol–water partition coefficient (Wildman–Crippen LogP) is 3.62. The molecule has 0 radical (unpaired) electrons. The van der Waals surface area contributed by atoms with E-state index in [1.165, 1.54) is 5.56 Å². The number of rotatable bonds is 2. The molecule has 0 atom stereocenters. The van der Waals surface area contributed by atoms with E-state index >= 15 is 0 Å². The maximum absolute atomic E-state index is 11.7. The van der Waals surface area contributed by atoms with Crippen molar-refractivity contribution in [3.05, 3.63) is 58.9 Å². The molecule has 21 heavy (non-hydrogen) atoms. The van der Waals surface area contributed by atoms with Crippen LogP contribution >= 0.6 is 0 Å². The van der Waals surface area contributed by atoms with Gasteiger partial charge in [0.05, 0.1) is 0 Å². The SMILES string of the molecule is Cc1ccc2nc(-c3ccc(C)c(C)c3)c(C(=O)O)n2c1. The summed E-state index contributed by atoms with van der Waals surface area (Å²) in [7, 11) is 0. The van der Waals surface area contributed by atoms with Crippen molar-refractivity contribution in [3.8, 4) is 11.3 Å². The van der Waals surface area contributed by atoms with E-state index in [0.717, 1.165) is 16.7 Å². The Hall–Kier alpha value is -2.62. The van der Waals surface area contributed by atoms with E-state index in [9.17, 15) is 9.90 Å². The molecule has 4 nitrogen and oxygen atoms in total. The summed E-state index contributed by atoms with van der Waals surface area (Å²) in [5, 5.41) is 9.57. The molecule has 3 aromatic rings. The number of hydrogen-bond donors (Lipinski definition) is 1. The van der Waals surface area contributed by atoms with E-state index in [2.05, 4.69) is 4.98 Å². The minimum absolute atomic E-state index is 0.206. The van der Waals surface area contributed by atoms with Gasteiger partial charge < -0.3 is 5.11 Å². The van der Waals surface area contributed by atoms with Crippen LogP contribution < -0.4 is 0 Å². The zero-order valence-corrected chi connectivity index (χ0v) is 12.2. The highest BCUT2D eigenvalue weighted by Crippen LogP contribution is 2.26. The molecule has 106 valence electrons. The van der Waals surface area contributed by atoms with Crippen LogP contribution in [0.4, 0.5) is 0 Å². The molecule has 0 aliphatic rings. The van der Waals surface area contributed by atoms with Gasteiger partial charge in [0.25, 0.3) is 0 Å². The van der Waals surface area contributed by atoms with E-state index in [-0.39, 0.29) is 5.69 Å². The fourth-order valence-electron chi connectivity index (χ4n) is 2.45. The molecule has 0 aliphatic heterocycles. The molecule has 0 spiro atoms. The summed E-state index contributed by atoms with van der Waals surface area (Å²) in [6.45, 7) is 5.98. The largest absolute Gasteiger partial charge is 0.476 e. The maximum atomic E-state index is 11.7. The molecule has 0 saturated heterocycles. The Bertz CT molecular complexity index is 863. The zero-order valence-electron chi connectivity index (χ0n) is 12.2. The van der Waals surface area contributed by atoms with Crippen molar-refractivity contribution in [2.45, 2.75) is 20.8 Å². The second kappa shape index (κ2) is 4.74. The molecule has 0 bridgehead atoms. The van der Waals surface area contributed by atoms with Gasteiger partial charge >= 0.3 is 5.97 Å². The molecule has 4 heteroatoms. The van der Waals surface area contributed by atoms with Gasteiger partial charge in [0.1, 0.15) is 11.3 Å². The smallest absolute Gasteiger partial charge is 0.355 e. The molecular formula is C17H16N2O2. The normalized spacial score (nSPS) is 11.0. The first-order valence-corrected chi connectivity index (χ1v) is 6.77. The van der Waals surface area contributed by atoms with Crippen molar-refractivity contribution < 1.29 is 9.90 Å². The van der Waals surface area contributed by atoms with Crippen molar-refractivity contribution in [2.75, 3.05) is 0 Å². The third-order valence-electron chi connectivity index (χ3n) is 3.75. The van der Waals surface area contributed by atoms with E-state index in [4.69, 9.17) is 0 Å². The third kappa shape index (κ3) is 2.18. The Morgan fingerprint density at radius 1 is 1.10 bits per heavy atom. The zero-order chi connectivity index (χ0) is 15.1. The van der Waals surface area contributed by atoms with Crippen LogP contribution in [0.3, 0.4) is 0 Å². The molecule has 2 heterocycles. The van der Waals surface area contributed by atoms with Crippen LogP contribution in [-0.2, 0) is 0 Å². The molecule has 3 rings (SSSR count). The highest BCUT2D eigenvalue weighted by molar-refractivity contribution is 5.94. The number of fused-ring (bicyclic) bond motifs is 1. The Morgan fingerprint density at radius 2 is 1.86 bits per heavy atom. The van der Waals surface area contributed by atoms with Crippen LogP contribution in [0.25, 0.3) is 16.9 Å². The summed E-state index contributed by atoms with van der Waals surface area (Å²) in [6, 6.07) is 9.66. The molecule has 0 unspecified atom stereocenters.